The molecule has 0 saturated carbocycles. The Labute approximate surface area is 90.2 Å². The lowest BCUT2D eigenvalue weighted by Crippen LogP contribution is -2.47. The van der Waals surface area contributed by atoms with Gasteiger partial charge in [0.05, 0.1) is 5.92 Å². The molecule has 0 fully saturated rings. The van der Waals surface area contributed by atoms with Crippen molar-refractivity contribution in [1.82, 2.24) is 10.6 Å². The summed E-state index contributed by atoms with van der Waals surface area (Å²) in [6.07, 6.45) is 0.844. The molecule has 0 spiro atoms. The van der Waals surface area contributed by atoms with E-state index in [4.69, 9.17) is 5.11 Å². The van der Waals surface area contributed by atoms with Gasteiger partial charge >= 0.3 is 12.0 Å². The summed E-state index contributed by atoms with van der Waals surface area (Å²) in [5.74, 6) is -1.50. The lowest BCUT2D eigenvalue weighted by atomic mass is 10.0. The lowest BCUT2D eigenvalue weighted by molar-refractivity contribution is -0.141. The minimum atomic E-state index is -0.911. The van der Waals surface area contributed by atoms with Crippen LogP contribution in [-0.4, -0.2) is 29.2 Å². The first-order valence-electron chi connectivity index (χ1n) is 5.18. The number of carbonyl (C=O) groups is 2. The van der Waals surface area contributed by atoms with Crippen LogP contribution in [0.2, 0.25) is 0 Å². The molecular weight excluding hydrogens is 196 g/mol. The average Bonchev–Trinajstić information content (AvgIpc) is 2.15. The van der Waals surface area contributed by atoms with Gasteiger partial charge in [0.2, 0.25) is 0 Å². The molecule has 0 radical (unpaired) electrons. The van der Waals surface area contributed by atoms with Gasteiger partial charge in [-0.25, -0.2) is 4.79 Å². The second-order valence-corrected chi connectivity index (χ2v) is 3.84. The van der Waals surface area contributed by atoms with Gasteiger partial charge in [0.1, 0.15) is 0 Å². The van der Waals surface area contributed by atoms with Crippen molar-refractivity contribution < 1.29 is 14.7 Å². The molecule has 0 aliphatic rings. The second-order valence-electron chi connectivity index (χ2n) is 3.84. The zero-order valence-corrected chi connectivity index (χ0v) is 9.70. The van der Waals surface area contributed by atoms with Crippen molar-refractivity contribution in [3.8, 4) is 0 Å². The molecule has 0 aliphatic carbocycles. The molecule has 5 nitrogen and oxygen atoms in total. The molecule has 0 aliphatic heterocycles. The number of urea groups is 1. The zero-order valence-electron chi connectivity index (χ0n) is 9.70. The monoisotopic (exact) mass is 216 g/mol. The highest BCUT2D eigenvalue weighted by Gasteiger charge is 2.21. The van der Waals surface area contributed by atoms with Gasteiger partial charge in [-0.1, -0.05) is 6.92 Å². The number of carboxylic acids is 1. The quantitative estimate of drug-likeness (QED) is 0.646. The van der Waals surface area contributed by atoms with E-state index >= 15 is 0 Å². The van der Waals surface area contributed by atoms with Crippen molar-refractivity contribution in [2.45, 2.75) is 46.2 Å². The molecule has 0 aromatic heterocycles. The molecule has 0 heterocycles. The fourth-order valence-corrected chi connectivity index (χ4v) is 0.913. The van der Waals surface area contributed by atoms with Crippen LogP contribution in [0.1, 0.15) is 34.1 Å². The molecule has 15 heavy (non-hydrogen) atoms. The van der Waals surface area contributed by atoms with Crippen molar-refractivity contribution in [2.75, 3.05) is 0 Å². The number of carbonyl (C=O) groups excluding carboxylic acids is 1. The summed E-state index contributed by atoms with van der Waals surface area (Å²) in [4.78, 5) is 22.0. The third-order valence-electron chi connectivity index (χ3n) is 2.49. The van der Waals surface area contributed by atoms with Gasteiger partial charge in [-0.05, 0) is 27.2 Å². The van der Waals surface area contributed by atoms with Crippen LogP contribution in [-0.2, 0) is 4.79 Å². The Balaban J connectivity index is 4.01. The first-order valence-corrected chi connectivity index (χ1v) is 5.18. The first kappa shape index (κ1) is 13.7. The summed E-state index contributed by atoms with van der Waals surface area (Å²) in [6.45, 7) is 7.10. The highest BCUT2D eigenvalue weighted by Crippen LogP contribution is 2.02. The van der Waals surface area contributed by atoms with Crippen molar-refractivity contribution in [3.63, 3.8) is 0 Å². The van der Waals surface area contributed by atoms with Gasteiger partial charge in [-0.2, -0.15) is 0 Å². The lowest BCUT2D eigenvalue weighted by Gasteiger charge is -2.19. The predicted molar refractivity (Wildman–Crippen MR) is 57.7 cm³/mol. The molecule has 3 atom stereocenters. The van der Waals surface area contributed by atoms with Crippen LogP contribution >= 0.6 is 0 Å². The molecular formula is C10H20N2O3. The molecule has 0 saturated heterocycles. The van der Waals surface area contributed by atoms with E-state index in [1.165, 1.54) is 0 Å². The van der Waals surface area contributed by atoms with Gasteiger partial charge in [0.25, 0.3) is 0 Å². The summed E-state index contributed by atoms with van der Waals surface area (Å²) >= 11 is 0. The molecule has 0 aromatic rings. The van der Waals surface area contributed by atoms with Gasteiger partial charge in [-0.15, -0.1) is 0 Å². The maximum atomic E-state index is 11.3. The Kier molecular flexibility index (Phi) is 5.74. The van der Waals surface area contributed by atoms with Gasteiger partial charge in [-0.3, -0.25) is 4.79 Å². The number of amides is 2. The van der Waals surface area contributed by atoms with Gasteiger partial charge < -0.3 is 15.7 Å². The number of hydrogen-bond acceptors (Lipinski definition) is 2. The summed E-state index contributed by atoms with van der Waals surface area (Å²) in [6, 6.07) is -0.603. The van der Waals surface area contributed by atoms with Crippen LogP contribution in [0.3, 0.4) is 0 Å². The van der Waals surface area contributed by atoms with E-state index in [-0.39, 0.29) is 18.1 Å². The van der Waals surface area contributed by atoms with Crippen LogP contribution in [0, 0.1) is 5.92 Å². The number of hydrogen-bond donors (Lipinski definition) is 3. The molecule has 0 aromatic carbocycles. The first-order chi connectivity index (χ1) is 6.88. The van der Waals surface area contributed by atoms with Crippen LogP contribution < -0.4 is 10.6 Å². The SMILES string of the molecule is CCC(C)NC(=O)NC(C)C(C)C(=O)O. The van der Waals surface area contributed by atoms with Crippen molar-refractivity contribution >= 4 is 12.0 Å². The largest absolute Gasteiger partial charge is 0.481 e. The average molecular weight is 216 g/mol. The maximum Gasteiger partial charge on any atom is 0.315 e. The Morgan fingerprint density at radius 1 is 1.20 bits per heavy atom. The van der Waals surface area contributed by atoms with E-state index in [2.05, 4.69) is 10.6 Å². The molecule has 2 amide bonds. The number of aliphatic carboxylic acids is 1. The highest BCUT2D eigenvalue weighted by molar-refractivity contribution is 5.76. The molecule has 88 valence electrons. The summed E-state index contributed by atoms with van der Waals surface area (Å²) in [7, 11) is 0. The fourth-order valence-electron chi connectivity index (χ4n) is 0.913. The standard InChI is InChI=1S/C10H20N2O3/c1-5-6(2)11-10(15)12-8(4)7(3)9(13)14/h6-8H,5H2,1-4H3,(H,13,14)(H2,11,12,15). The minimum Gasteiger partial charge on any atom is -0.481 e. The van der Waals surface area contributed by atoms with Crippen LogP contribution in [0.15, 0.2) is 0 Å². The zero-order chi connectivity index (χ0) is 12.0. The van der Waals surface area contributed by atoms with Crippen LogP contribution in [0.25, 0.3) is 0 Å². The Hall–Kier alpha value is -1.26. The fraction of sp³-hybridized carbons (Fsp3) is 0.800. The summed E-state index contributed by atoms with van der Waals surface area (Å²) in [5, 5.41) is 14.0. The van der Waals surface area contributed by atoms with E-state index < -0.39 is 11.9 Å². The molecule has 3 unspecified atom stereocenters. The Bertz CT molecular complexity index is 231. The Morgan fingerprint density at radius 3 is 2.13 bits per heavy atom. The topological polar surface area (TPSA) is 78.4 Å². The van der Waals surface area contributed by atoms with Gasteiger partial charge in [0, 0.05) is 12.1 Å². The van der Waals surface area contributed by atoms with Gasteiger partial charge in [0.15, 0.2) is 0 Å². The van der Waals surface area contributed by atoms with E-state index in [9.17, 15) is 9.59 Å². The summed E-state index contributed by atoms with van der Waals surface area (Å²) in [5.41, 5.74) is 0. The highest BCUT2D eigenvalue weighted by atomic mass is 16.4. The van der Waals surface area contributed by atoms with Crippen molar-refractivity contribution in [3.05, 3.63) is 0 Å². The molecule has 5 heteroatoms. The number of nitrogens with one attached hydrogen (secondary N) is 2. The Morgan fingerprint density at radius 2 is 1.73 bits per heavy atom. The molecule has 0 bridgehead atoms. The van der Waals surface area contributed by atoms with E-state index in [1.807, 2.05) is 13.8 Å². The molecule has 0 rings (SSSR count). The normalized spacial score (nSPS) is 16.3. The third-order valence-corrected chi connectivity index (χ3v) is 2.49. The maximum absolute atomic E-state index is 11.3. The minimum absolute atomic E-state index is 0.0948. The number of rotatable bonds is 5. The van der Waals surface area contributed by atoms with Crippen molar-refractivity contribution in [2.24, 2.45) is 5.92 Å². The smallest absolute Gasteiger partial charge is 0.315 e. The van der Waals surface area contributed by atoms with Crippen LogP contribution in [0.5, 0.6) is 0 Å². The van der Waals surface area contributed by atoms with E-state index in [0.717, 1.165) is 6.42 Å². The second kappa shape index (κ2) is 6.27. The van der Waals surface area contributed by atoms with E-state index in [0.29, 0.717) is 0 Å². The number of carboxylic acid groups (broad SMARTS) is 1. The van der Waals surface area contributed by atoms with Crippen LogP contribution in [0.4, 0.5) is 4.79 Å². The predicted octanol–water partition coefficient (Wildman–Crippen LogP) is 1.19. The summed E-state index contributed by atoms with van der Waals surface area (Å²) < 4.78 is 0. The van der Waals surface area contributed by atoms with Crippen molar-refractivity contribution in [1.29, 1.82) is 0 Å². The molecule has 3 N–H and O–H groups in total. The van der Waals surface area contributed by atoms with E-state index in [1.54, 1.807) is 13.8 Å². The third kappa shape index (κ3) is 5.24.